The third-order valence-electron chi connectivity index (χ3n) is 3.92. The van der Waals surface area contributed by atoms with E-state index in [1.165, 1.54) is 0 Å². The average molecular weight is 257 g/mol. The number of aliphatic hydroxyl groups is 1. The number of nitrogens with one attached hydrogen (secondary N) is 1. The summed E-state index contributed by atoms with van der Waals surface area (Å²) in [6.45, 7) is 1.97. The van der Waals surface area contributed by atoms with E-state index in [1.54, 1.807) is 0 Å². The second-order valence-corrected chi connectivity index (χ2v) is 5.28. The fourth-order valence-corrected chi connectivity index (χ4v) is 2.80. The Kier molecular flexibility index (Phi) is 3.34. The molecule has 2 atom stereocenters. The number of hydrogen-bond donors (Lipinski definition) is 2. The molecule has 2 aromatic rings. The van der Waals surface area contributed by atoms with Crippen LogP contribution in [0.15, 0.2) is 24.3 Å². The third-order valence-corrected chi connectivity index (χ3v) is 3.92. The van der Waals surface area contributed by atoms with Crippen LogP contribution in [0.2, 0.25) is 0 Å². The molecule has 0 spiro atoms. The first-order chi connectivity index (χ1) is 9.25. The Bertz CT molecular complexity index is 585. The molecule has 1 aliphatic rings. The summed E-state index contributed by atoms with van der Waals surface area (Å²) in [5.74, 6) is 0.784. The third kappa shape index (κ3) is 2.40. The van der Waals surface area contributed by atoms with E-state index >= 15 is 0 Å². The molecule has 0 radical (unpaired) electrons. The maximum absolute atomic E-state index is 10.0. The van der Waals surface area contributed by atoms with Crippen LogP contribution in [0.1, 0.15) is 31.4 Å². The van der Waals surface area contributed by atoms with Gasteiger partial charge in [-0.25, -0.2) is 0 Å². The molecule has 2 N–H and O–H groups in total. The largest absolute Gasteiger partial charge is 0.391 e. The SMILES string of the molecule is Cc1nnc(NC2CCCCC2O)c2ccccc12. The number of aromatic nitrogens is 2. The van der Waals surface area contributed by atoms with E-state index in [9.17, 15) is 5.11 Å². The van der Waals surface area contributed by atoms with E-state index in [-0.39, 0.29) is 12.1 Å². The number of fused-ring (bicyclic) bond motifs is 1. The van der Waals surface area contributed by atoms with Gasteiger partial charge in [-0.15, -0.1) is 5.10 Å². The van der Waals surface area contributed by atoms with Gasteiger partial charge in [0.1, 0.15) is 0 Å². The number of aliphatic hydroxyl groups excluding tert-OH is 1. The van der Waals surface area contributed by atoms with Gasteiger partial charge in [-0.05, 0) is 19.8 Å². The van der Waals surface area contributed by atoms with E-state index in [1.807, 2.05) is 19.1 Å². The molecule has 1 aromatic heterocycles. The summed E-state index contributed by atoms with van der Waals surface area (Å²) in [7, 11) is 0. The predicted octanol–water partition coefficient (Wildman–Crippen LogP) is 2.65. The molecule has 100 valence electrons. The molecule has 1 heterocycles. The Morgan fingerprint density at radius 1 is 1.11 bits per heavy atom. The van der Waals surface area contributed by atoms with E-state index in [2.05, 4.69) is 27.6 Å². The number of aryl methyl sites for hydroxylation is 1. The van der Waals surface area contributed by atoms with Crippen LogP contribution in [-0.2, 0) is 0 Å². The van der Waals surface area contributed by atoms with Crippen molar-refractivity contribution in [3.05, 3.63) is 30.0 Å². The zero-order valence-electron chi connectivity index (χ0n) is 11.1. The molecule has 1 saturated carbocycles. The van der Waals surface area contributed by atoms with Gasteiger partial charge in [0.25, 0.3) is 0 Å². The van der Waals surface area contributed by atoms with Crippen LogP contribution >= 0.6 is 0 Å². The number of benzene rings is 1. The molecule has 1 aromatic carbocycles. The van der Waals surface area contributed by atoms with Crippen LogP contribution in [0.3, 0.4) is 0 Å². The van der Waals surface area contributed by atoms with Crippen LogP contribution in [-0.4, -0.2) is 27.4 Å². The van der Waals surface area contributed by atoms with Crippen molar-refractivity contribution in [2.24, 2.45) is 0 Å². The van der Waals surface area contributed by atoms with Gasteiger partial charge in [0.2, 0.25) is 0 Å². The van der Waals surface area contributed by atoms with E-state index in [4.69, 9.17) is 0 Å². The smallest absolute Gasteiger partial charge is 0.156 e. The molecule has 3 rings (SSSR count). The summed E-state index contributed by atoms with van der Waals surface area (Å²) in [6, 6.07) is 8.22. The van der Waals surface area contributed by atoms with Gasteiger partial charge in [-0.3, -0.25) is 0 Å². The molecule has 1 fully saturated rings. The van der Waals surface area contributed by atoms with Crippen molar-refractivity contribution in [1.29, 1.82) is 0 Å². The van der Waals surface area contributed by atoms with Gasteiger partial charge in [0.15, 0.2) is 5.82 Å². The average Bonchev–Trinajstić information content (AvgIpc) is 2.44. The lowest BCUT2D eigenvalue weighted by molar-refractivity contribution is 0.116. The van der Waals surface area contributed by atoms with Crippen LogP contribution in [0.4, 0.5) is 5.82 Å². The second-order valence-electron chi connectivity index (χ2n) is 5.28. The van der Waals surface area contributed by atoms with Crippen molar-refractivity contribution in [3.8, 4) is 0 Å². The minimum Gasteiger partial charge on any atom is -0.391 e. The molecule has 0 aliphatic heterocycles. The molecule has 4 heteroatoms. The lowest BCUT2D eigenvalue weighted by Gasteiger charge is -2.29. The summed E-state index contributed by atoms with van der Waals surface area (Å²) in [4.78, 5) is 0. The van der Waals surface area contributed by atoms with Gasteiger partial charge >= 0.3 is 0 Å². The Labute approximate surface area is 112 Å². The standard InChI is InChI=1S/C15H19N3O/c1-10-11-6-2-3-7-12(11)15(18-17-10)16-13-8-4-5-9-14(13)19/h2-3,6-7,13-14,19H,4-5,8-9H2,1H3,(H,16,18). The van der Waals surface area contributed by atoms with Gasteiger partial charge in [-0.2, -0.15) is 5.10 Å². The molecule has 4 nitrogen and oxygen atoms in total. The highest BCUT2D eigenvalue weighted by molar-refractivity contribution is 5.92. The summed E-state index contributed by atoms with van der Waals surface area (Å²) in [5.41, 5.74) is 0.936. The zero-order valence-corrected chi connectivity index (χ0v) is 11.1. The Balaban J connectivity index is 1.94. The fourth-order valence-electron chi connectivity index (χ4n) is 2.80. The molecule has 0 saturated heterocycles. The summed E-state index contributed by atoms with van der Waals surface area (Å²) >= 11 is 0. The molecular formula is C15H19N3O. The Hall–Kier alpha value is -1.68. The maximum atomic E-state index is 10.0. The number of rotatable bonds is 2. The highest BCUT2D eigenvalue weighted by Gasteiger charge is 2.23. The molecule has 1 aliphatic carbocycles. The van der Waals surface area contributed by atoms with Crippen molar-refractivity contribution in [3.63, 3.8) is 0 Å². The highest BCUT2D eigenvalue weighted by Crippen LogP contribution is 2.26. The summed E-state index contributed by atoms with van der Waals surface area (Å²) in [5, 5.41) is 24.1. The topological polar surface area (TPSA) is 58.0 Å². The first-order valence-electron chi connectivity index (χ1n) is 6.92. The first kappa shape index (κ1) is 12.4. The Morgan fingerprint density at radius 3 is 2.63 bits per heavy atom. The summed E-state index contributed by atoms with van der Waals surface area (Å²) < 4.78 is 0. The van der Waals surface area contributed by atoms with E-state index < -0.39 is 0 Å². The lowest BCUT2D eigenvalue weighted by atomic mass is 9.92. The molecule has 2 unspecified atom stereocenters. The van der Waals surface area contributed by atoms with Crippen molar-refractivity contribution < 1.29 is 5.11 Å². The van der Waals surface area contributed by atoms with Crippen molar-refractivity contribution in [2.45, 2.75) is 44.8 Å². The zero-order chi connectivity index (χ0) is 13.2. The van der Waals surface area contributed by atoms with E-state index in [0.717, 1.165) is 48.0 Å². The molecule has 0 amide bonds. The van der Waals surface area contributed by atoms with Crippen LogP contribution in [0, 0.1) is 6.92 Å². The number of nitrogens with zero attached hydrogens (tertiary/aromatic N) is 2. The fraction of sp³-hybridized carbons (Fsp3) is 0.467. The van der Waals surface area contributed by atoms with Crippen molar-refractivity contribution in [2.75, 3.05) is 5.32 Å². The van der Waals surface area contributed by atoms with E-state index in [0.29, 0.717) is 0 Å². The van der Waals surface area contributed by atoms with Crippen molar-refractivity contribution in [1.82, 2.24) is 10.2 Å². The Morgan fingerprint density at radius 2 is 1.84 bits per heavy atom. The van der Waals surface area contributed by atoms with Crippen LogP contribution < -0.4 is 5.32 Å². The number of anilines is 1. The lowest BCUT2D eigenvalue weighted by Crippen LogP contribution is -2.36. The normalized spacial score (nSPS) is 23.5. The number of hydrogen-bond acceptors (Lipinski definition) is 4. The van der Waals surface area contributed by atoms with Gasteiger partial charge in [0.05, 0.1) is 17.8 Å². The quantitative estimate of drug-likeness (QED) is 0.868. The maximum Gasteiger partial charge on any atom is 0.156 e. The second kappa shape index (κ2) is 5.13. The van der Waals surface area contributed by atoms with Crippen molar-refractivity contribution >= 4 is 16.6 Å². The molecular weight excluding hydrogens is 238 g/mol. The minimum atomic E-state index is -0.282. The monoisotopic (exact) mass is 257 g/mol. The van der Waals surface area contributed by atoms with Gasteiger partial charge < -0.3 is 10.4 Å². The molecule has 19 heavy (non-hydrogen) atoms. The molecule has 0 bridgehead atoms. The van der Waals surface area contributed by atoms with Gasteiger partial charge in [0, 0.05) is 10.8 Å². The van der Waals surface area contributed by atoms with Crippen LogP contribution in [0.5, 0.6) is 0 Å². The highest BCUT2D eigenvalue weighted by atomic mass is 16.3. The predicted molar refractivity (Wildman–Crippen MR) is 76.2 cm³/mol. The first-order valence-corrected chi connectivity index (χ1v) is 6.92. The van der Waals surface area contributed by atoms with Crippen LogP contribution in [0.25, 0.3) is 10.8 Å². The summed E-state index contributed by atoms with van der Waals surface area (Å²) in [6.07, 6.45) is 3.85. The minimum absolute atomic E-state index is 0.0918. The van der Waals surface area contributed by atoms with Gasteiger partial charge in [-0.1, -0.05) is 37.1 Å².